The topological polar surface area (TPSA) is 90.9 Å². The number of carbonyl (C=O) groups is 2. The van der Waals surface area contributed by atoms with Gasteiger partial charge < -0.3 is 20.5 Å². The number of benzene rings is 2. The highest BCUT2D eigenvalue weighted by Gasteiger charge is 2.19. The molecule has 3 N–H and O–H groups in total. The van der Waals surface area contributed by atoms with Crippen molar-refractivity contribution >= 4 is 12.0 Å². The second-order valence-corrected chi connectivity index (χ2v) is 7.13. The van der Waals surface area contributed by atoms with Crippen LogP contribution in [0.25, 0.3) is 0 Å². The fraction of sp³-hybridized carbons (Fsp3) is 0.364. The smallest absolute Gasteiger partial charge is 0.335 e. The van der Waals surface area contributed by atoms with Gasteiger partial charge >= 0.3 is 12.0 Å². The molecule has 154 valence electrons. The molecular formula is C22H27N3O4. The van der Waals surface area contributed by atoms with E-state index in [9.17, 15) is 9.59 Å². The summed E-state index contributed by atoms with van der Waals surface area (Å²) in [6.45, 7) is 4.27. The third-order valence-electron chi connectivity index (χ3n) is 4.90. The zero-order chi connectivity index (χ0) is 20.5. The Kier molecular flexibility index (Phi) is 7.61. The lowest BCUT2D eigenvalue weighted by Crippen LogP contribution is -2.50. The summed E-state index contributed by atoms with van der Waals surface area (Å²) in [4.78, 5) is 25.7. The lowest BCUT2D eigenvalue weighted by Gasteiger charge is -2.31. The van der Waals surface area contributed by atoms with E-state index in [-0.39, 0.29) is 17.6 Å². The number of hydrogen-bond donors (Lipinski definition) is 3. The van der Waals surface area contributed by atoms with E-state index in [4.69, 9.17) is 9.84 Å². The second-order valence-electron chi connectivity index (χ2n) is 7.13. The summed E-state index contributed by atoms with van der Waals surface area (Å²) in [5.41, 5.74) is 2.25. The van der Waals surface area contributed by atoms with Gasteiger partial charge in [0.05, 0.1) is 18.8 Å². The van der Waals surface area contributed by atoms with E-state index >= 15 is 0 Å². The Morgan fingerprint density at radius 3 is 2.34 bits per heavy atom. The summed E-state index contributed by atoms with van der Waals surface area (Å²) in [5.74, 6) is -0.964. The van der Waals surface area contributed by atoms with Crippen molar-refractivity contribution in [2.24, 2.45) is 0 Å². The highest BCUT2D eigenvalue weighted by molar-refractivity contribution is 5.87. The number of carboxylic acids is 1. The van der Waals surface area contributed by atoms with E-state index in [0.29, 0.717) is 6.54 Å². The Hall–Kier alpha value is -2.90. The SMILES string of the molecule is O=C(NCc1ccc(C(=O)O)cc1)NC(Cc1ccccc1)CN1CCOCC1. The Balaban J connectivity index is 1.55. The molecule has 1 aliphatic rings. The van der Waals surface area contributed by atoms with Crippen molar-refractivity contribution in [1.82, 2.24) is 15.5 Å². The zero-order valence-corrected chi connectivity index (χ0v) is 16.3. The van der Waals surface area contributed by atoms with Gasteiger partial charge in [0.25, 0.3) is 0 Å². The number of urea groups is 1. The molecule has 7 nitrogen and oxygen atoms in total. The third kappa shape index (κ3) is 6.89. The van der Waals surface area contributed by atoms with E-state index in [1.807, 2.05) is 18.2 Å². The number of carbonyl (C=O) groups excluding carboxylic acids is 1. The maximum atomic E-state index is 12.5. The van der Waals surface area contributed by atoms with Crippen LogP contribution in [0, 0.1) is 0 Å². The van der Waals surface area contributed by atoms with Crippen LogP contribution in [0.2, 0.25) is 0 Å². The van der Waals surface area contributed by atoms with Crippen molar-refractivity contribution in [2.75, 3.05) is 32.8 Å². The molecule has 1 unspecified atom stereocenters. The molecule has 0 radical (unpaired) electrons. The lowest BCUT2D eigenvalue weighted by atomic mass is 10.1. The van der Waals surface area contributed by atoms with Crippen molar-refractivity contribution in [3.05, 3.63) is 71.3 Å². The number of hydrogen-bond acceptors (Lipinski definition) is 4. The van der Waals surface area contributed by atoms with Gasteiger partial charge in [-0.25, -0.2) is 9.59 Å². The summed E-state index contributed by atoms with van der Waals surface area (Å²) in [6, 6.07) is 16.3. The van der Waals surface area contributed by atoms with Gasteiger partial charge in [-0.15, -0.1) is 0 Å². The number of aromatic carboxylic acids is 1. The monoisotopic (exact) mass is 397 g/mol. The summed E-state index contributed by atoms with van der Waals surface area (Å²) < 4.78 is 5.41. The molecule has 1 saturated heterocycles. The molecule has 1 fully saturated rings. The van der Waals surface area contributed by atoms with Crippen molar-refractivity contribution in [3.63, 3.8) is 0 Å². The molecule has 0 spiro atoms. The van der Waals surface area contributed by atoms with Gasteiger partial charge in [0.2, 0.25) is 0 Å². The minimum atomic E-state index is -0.964. The second kappa shape index (κ2) is 10.6. The molecule has 3 rings (SSSR count). The van der Waals surface area contributed by atoms with Crippen LogP contribution < -0.4 is 10.6 Å². The number of morpholine rings is 1. The van der Waals surface area contributed by atoms with Crippen LogP contribution in [0.1, 0.15) is 21.5 Å². The van der Waals surface area contributed by atoms with E-state index in [1.54, 1.807) is 12.1 Å². The fourth-order valence-corrected chi connectivity index (χ4v) is 3.34. The molecule has 0 aliphatic carbocycles. The van der Waals surface area contributed by atoms with Crippen LogP contribution in [0.3, 0.4) is 0 Å². The highest BCUT2D eigenvalue weighted by atomic mass is 16.5. The Morgan fingerprint density at radius 1 is 1.00 bits per heavy atom. The predicted molar refractivity (Wildman–Crippen MR) is 110 cm³/mol. The Bertz CT molecular complexity index is 789. The molecule has 0 aromatic heterocycles. The van der Waals surface area contributed by atoms with Crippen LogP contribution in [0.5, 0.6) is 0 Å². The Labute approximate surface area is 170 Å². The molecule has 2 aromatic carbocycles. The fourth-order valence-electron chi connectivity index (χ4n) is 3.34. The predicted octanol–water partition coefficient (Wildman–Crippen LogP) is 2.13. The molecule has 1 aliphatic heterocycles. The molecule has 0 saturated carbocycles. The largest absolute Gasteiger partial charge is 0.478 e. The van der Waals surface area contributed by atoms with E-state index in [1.165, 1.54) is 17.7 Å². The van der Waals surface area contributed by atoms with Gasteiger partial charge in [-0.2, -0.15) is 0 Å². The van der Waals surface area contributed by atoms with Crippen LogP contribution in [0.4, 0.5) is 4.79 Å². The molecule has 1 heterocycles. The first-order chi connectivity index (χ1) is 14.1. The van der Waals surface area contributed by atoms with E-state index in [0.717, 1.165) is 44.8 Å². The van der Waals surface area contributed by atoms with Crippen molar-refractivity contribution in [2.45, 2.75) is 19.0 Å². The number of carboxylic acid groups (broad SMARTS) is 1. The maximum Gasteiger partial charge on any atom is 0.335 e. The normalized spacial score (nSPS) is 15.4. The summed E-state index contributed by atoms with van der Waals surface area (Å²) in [5, 5.41) is 14.9. The third-order valence-corrected chi connectivity index (χ3v) is 4.90. The number of ether oxygens (including phenoxy) is 1. The number of nitrogens with zero attached hydrogens (tertiary/aromatic N) is 1. The van der Waals surface area contributed by atoms with Crippen LogP contribution in [0.15, 0.2) is 54.6 Å². The van der Waals surface area contributed by atoms with Crippen molar-refractivity contribution in [1.29, 1.82) is 0 Å². The van der Waals surface area contributed by atoms with Gasteiger partial charge in [0.15, 0.2) is 0 Å². The standard InChI is InChI=1S/C22H27N3O4/c26-21(27)19-8-6-18(7-9-19)15-23-22(28)24-20(14-17-4-2-1-3-5-17)16-25-10-12-29-13-11-25/h1-9,20H,10-16H2,(H,26,27)(H2,23,24,28). The van der Waals surface area contributed by atoms with Gasteiger partial charge in [-0.3, -0.25) is 4.90 Å². The minimum absolute atomic E-state index is 0.0233. The average molecular weight is 397 g/mol. The van der Waals surface area contributed by atoms with Gasteiger partial charge in [-0.05, 0) is 29.7 Å². The minimum Gasteiger partial charge on any atom is -0.478 e. The molecule has 1 atom stereocenters. The van der Waals surface area contributed by atoms with Gasteiger partial charge in [0.1, 0.15) is 0 Å². The molecule has 2 amide bonds. The summed E-state index contributed by atoms with van der Waals surface area (Å²) in [6.07, 6.45) is 0.749. The number of rotatable bonds is 8. The van der Waals surface area contributed by atoms with E-state index in [2.05, 4.69) is 27.7 Å². The molecular weight excluding hydrogens is 370 g/mol. The number of amides is 2. The van der Waals surface area contributed by atoms with Gasteiger partial charge in [-0.1, -0.05) is 42.5 Å². The zero-order valence-electron chi connectivity index (χ0n) is 16.3. The Morgan fingerprint density at radius 2 is 1.69 bits per heavy atom. The quantitative estimate of drug-likeness (QED) is 0.635. The summed E-state index contributed by atoms with van der Waals surface area (Å²) in [7, 11) is 0. The van der Waals surface area contributed by atoms with Crippen molar-refractivity contribution < 1.29 is 19.4 Å². The highest BCUT2D eigenvalue weighted by Crippen LogP contribution is 2.07. The van der Waals surface area contributed by atoms with Crippen LogP contribution in [-0.2, 0) is 17.7 Å². The lowest BCUT2D eigenvalue weighted by molar-refractivity contribution is 0.0341. The van der Waals surface area contributed by atoms with E-state index < -0.39 is 5.97 Å². The first-order valence-corrected chi connectivity index (χ1v) is 9.81. The first-order valence-electron chi connectivity index (χ1n) is 9.81. The molecule has 7 heteroatoms. The first kappa shape index (κ1) is 20.8. The van der Waals surface area contributed by atoms with Crippen LogP contribution in [-0.4, -0.2) is 60.9 Å². The average Bonchev–Trinajstić information content (AvgIpc) is 2.74. The summed E-state index contributed by atoms with van der Waals surface area (Å²) >= 11 is 0. The van der Waals surface area contributed by atoms with Crippen molar-refractivity contribution in [3.8, 4) is 0 Å². The molecule has 0 bridgehead atoms. The van der Waals surface area contributed by atoms with Crippen LogP contribution >= 0.6 is 0 Å². The van der Waals surface area contributed by atoms with Gasteiger partial charge in [0, 0.05) is 32.2 Å². The molecule has 29 heavy (non-hydrogen) atoms. The maximum absolute atomic E-state index is 12.5. The number of nitrogens with one attached hydrogen (secondary N) is 2. The molecule has 2 aromatic rings.